The minimum atomic E-state index is -0.164. The Morgan fingerprint density at radius 1 is 1.29 bits per heavy atom. The van der Waals surface area contributed by atoms with E-state index < -0.39 is 0 Å². The van der Waals surface area contributed by atoms with Crippen molar-refractivity contribution in [2.24, 2.45) is 7.05 Å². The summed E-state index contributed by atoms with van der Waals surface area (Å²) < 4.78 is 1.33. The summed E-state index contributed by atoms with van der Waals surface area (Å²) in [5.74, 6) is -0.0892. The topological polar surface area (TPSA) is 71.0 Å². The van der Waals surface area contributed by atoms with E-state index in [4.69, 9.17) is 11.6 Å². The van der Waals surface area contributed by atoms with E-state index in [1.165, 1.54) is 4.68 Å². The molecule has 24 heavy (non-hydrogen) atoms. The molecule has 122 valence electrons. The third-order valence-corrected chi connectivity index (χ3v) is 4.57. The van der Waals surface area contributed by atoms with Crippen LogP contribution >= 0.6 is 11.6 Å². The number of H-pyrrole nitrogens is 1. The quantitative estimate of drug-likeness (QED) is 0.736. The summed E-state index contributed by atoms with van der Waals surface area (Å²) in [5.41, 5.74) is 2.92. The highest BCUT2D eigenvalue weighted by molar-refractivity contribution is 6.31. The number of benzene rings is 1. The van der Waals surface area contributed by atoms with Crippen molar-refractivity contribution in [1.29, 1.82) is 0 Å². The van der Waals surface area contributed by atoms with Gasteiger partial charge in [-0.05, 0) is 24.3 Å². The Hall–Kier alpha value is -2.60. The largest absolute Gasteiger partial charge is 0.351 e. The van der Waals surface area contributed by atoms with Crippen LogP contribution in [-0.4, -0.2) is 32.1 Å². The van der Waals surface area contributed by atoms with Gasteiger partial charge < -0.3 is 9.88 Å². The number of carbonyl (C=O) groups is 1. The Morgan fingerprint density at radius 2 is 2.12 bits per heavy atom. The number of aromatic nitrogens is 3. The molecule has 7 heteroatoms. The van der Waals surface area contributed by atoms with Crippen molar-refractivity contribution in [2.45, 2.75) is 13.0 Å². The fraction of sp³-hybridized carbons (Fsp3) is 0.235. The normalized spacial score (nSPS) is 14.0. The fourth-order valence-corrected chi connectivity index (χ4v) is 3.24. The number of hydrogen-bond donors (Lipinski definition) is 1. The molecule has 1 amide bonds. The van der Waals surface area contributed by atoms with Crippen LogP contribution < -0.4 is 5.56 Å². The average molecular weight is 343 g/mol. The molecule has 3 heterocycles. The zero-order valence-electron chi connectivity index (χ0n) is 13.0. The Kier molecular flexibility index (Phi) is 3.42. The van der Waals surface area contributed by atoms with Gasteiger partial charge in [0.05, 0.1) is 5.69 Å². The molecule has 0 spiro atoms. The van der Waals surface area contributed by atoms with Crippen LogP contribution in [-0.2, 0) is 20.0 Å². The maximum Gasteiger partial charge on any atom is 0.270 e. The second kappa shape index (κ2) is 5.49. The molecule has 3 aromatic rings. The number of hydrogen-bond acceptors (Lipinski definition) is 3. The predicted octanol–water partition coefficient (Wildman–Crippen LogP) is 2.11. The van der Waals surface area contributed by atoms with E-state index in [0.717, 1.165) is 22.2 Å². The van der Waals surface area contributed by atoms with Gasteiger partial charge in [0.2, 0.25) is 0 Å². The standard InChI is InChI=1S/C17H15ClN4O2/c1-21-16(23)8-11-9-22(5-4-14(11)20-21)17(24)15-7-10-6-12(18)2-3-13(10)19-15/h2-3,6-8,19H,4-5,9H2,1H3. The first kappa shape index (κ1) is 15.0. The van der Waals surface area contributed by atoms with Gasteiger partial charge in [-0.3, -0.25) is 9.59 Å². The average Bonchev–Trinajstić information content (AvgIpc) is 2.98. The molecule has 1 aromatic carbocycles. The maximum absolute atomic E-state index is 12.8. The lowest BCUT2D eigenvalue weighted by molar-refractivity contribution is 0.0727. The molecule has 0 unspecified atom stereocenters. The van der Waals surface area contributed by atoms with E-state index in [0.29, 0.717) is 30.2 Å². The smallest absolute Gasteiger partial charge is 0.270 e. The summed E-state index contributed by atoms with van der Waals surface area (Å²) in [6, 6.07) is 8.83. The first-order valence-electron chi connectivity index (χ1n) is 7.65. The Labute approximate surface area is 142 Å². The highest BCUT2D eigenvalue weighted by atomic mass is 35.5. The predicted molar refractivity (Wildman–Crippen MR) is 91.2 cm³/mol. The maximum atomic E-state index is 12.8. The molecule has 6 nitrogen and oxygen atoms in total. The summed E-state index contributed by atoms with van der Waals surface area (Å²) in [4.78, 5) is 29.4. The van der Waals surface area contributed by atoms with E-state index in [1.807, 2.05) is 12.1 Å². The third-order valence-electron chi connectivity index (χ3n) is 4.34. The van der Waals surface area contributed by atoms with Crippen LogP contribution in [0.4, 0.5) is 0 Å². The van der Waals surface area contributed by atoms with E-state index >= 15 is 0 Å². The molecule has 2 aromatic heterocycles. The van der Waals surface area contributed by atoms with Crippen molar-refractivity contribution in [1.82, 2.24) is 19.7 Å². The number of nitrogens with one attached hydrogen (secondary N) is 1. The van der Waals surface area contributed by atoms with Crippen molar-refractivity contribution < 1.29 is 4.79 Å². The molecule has 0 fully saturated rings. The summed E-state index contributed by atoms with van der Waals surface area (Å²) in [5, 5.41) is 5.80. The molecule has 4 rings (SSSR count). The minimum Gasteiger partial charge on any atom is -0.351 e. The number of carbonyl (C=O) groups excluding carboxylic acids is 1. The van der Waals surface area contributed by atoms with E-state index in [-0.39, 0.29) is 11.5 Å². The second-order valence-corrected chi connectivity index (χ2v) is 6.41. The van der Waals surface area contributed by atoms with E-state index in [9.17, 15) is 9.59 Å². The molecule has 0 aliphatic carbocycles. The number of aromatic amines is 1. The zero-order valence-corrected chi connectivity index (χ0v) is 13.8. The first-order valence-corrected chi connectivity index (χ1v) is 8.03. The van der Waals surface area contributed by atoms with Gasteiger partial charge in [-0.2, -0.15) is 5.10 Å². The van der Waals surface area contributed by atoms with Crippen molar-refractivity contribution in [3.63, 3.8) is 0 Å². The van der Waals surface area contributed by atoms with Crippen LogP contribution in [0, 0.1) is 0 Å². The van der Waals surface area contributed by atoms with Crippen LogP contribution in [0.15, 0.2) is 35.1 Å². The van der Waals surface area contributed by atoms with Gasteiger partial charge in [0.15, 0.2) is 0 Å². The molecule has 1 aliphatic heterocycles. The molecule has 1 aliphatic rings. The van der Waals surface area contributed by atoms with Crippen molar-refractivity contribution in [2.75, 3.05) is 6.54 Å². The lowest BCUT2D eigenvalue weighted by atomic mass is 10.1. The number of fused-ring (bicyclic) bond motifs is 2. The molecule has 0 atom stereocenters. The van der Waals surface area contributed by atoms with Gasteiger partial charge in [0, 0.05) is 54.1 Å². The summed E-state index contributed by atoms with van der Waals surface area (Å²) >= 11 is 5.99. The minimum absolute atomic E-state index is 0.0892. The number of halogens is 1. The Bertz CT molecular complexity index is 1020. The summed E-state index contributed by atoms with van der Waals surface area (Å²) in [6.45, 7) is 0.973. The Morgan fingerprint density at radius 3 is 2.96 bits per heavy atom. The monoisotopic (exact) mass is 342 g/mol. The molecule has 0 saturated carbocycles. The lowest BCUT2D eigenvalue weighted by Gasteiger charge is -2.27. The lowest BCUT2D eigenvalue weighted by Crippen LogP contribution is -2.38. The third kappa shape index (κ3) is 2.49. The SMILES string of the molecule is Cn1nc2c(cc1=O)CN(C(=O)c1cc3cc(Cl)ccc3[nH]1)CC2. The van der Waals surface area contributed by atoms with Crippen LogP contribution in [0.3, 0.4) is 0 Å². The number of nitrogens with zero attached hydrogens (tertiary/aromatic N) is 3. The molecule has 0 bridgehead atoms. The summed E-state index contributed by atoms with van der Waals surface area (Å²) in [7, 11) is 1.63. The van der Waals surface area contributed by atoms with Gasteiger partial charge in [0.25, 0.3) is 11.5 Å². The molecule has 0 radical (unpaired) electrons. The van der Waals surface area contributed by atoms with Crippen molar-refractivity contribution >= 4 is 28.4 Å². The first-order chi connectivity index (χ1) is 11.5. The van der Waals surface area contributed by atoms with Gasteiger partial charge in [-0.1, -0.05) is 11.6 Å². The van der Waals surface area contributed by atoms with Gasteiger partial charge in [0.1, 0.15) is 5.69 Å². The Balaban J connectivity index is 1.64. The number of aryl methyl sites for hydroxylation is 1. The number of rotatable bonds is 1. The fourth-order valence-electron chi connectivity index (χ4n) is 3.06. The zero-order chi connectivity index (χ0) is 16.8. The van der Waals surface area contributed by atoms with Crippen LogP contribution in [0.5, 0.6) is 0 Å². The van der Waals surface area contributed by atoms with E-state index in [1.54, 1.807) is 30.1 Å². The number of amides is 1. The van der Waals surface area contributed by atoms with Crippen molar-refractivity contribution in [3.05, 3.63) is 62.7 Å². The molecular formula is C17H15ClN4O2. The highest BCUT2D eigenvalue weighted by Crippen LogP contribution is 2.22. The highest BCUT2D eigenvalue weighted by Gasteiger charge is 2.24. The second-order valence-electron chi connectivity index (χ2n) is 5.97. The van der Waals surface area contributed by atoms with Gasteiger partial charge >= 0.3 is 0 Å². The van der Waals surface area contributed by atoms with Crippen LogP contribution in [0.25, 0.3) is 10.9 Å². The van der Waals surface area contributed by atoms with Crippen LogP contribution in [0.2, 0.25) is 5.02 Å². The van der Waals surface area contributed by atoms with E-state index in [2.05, 4.69) is 10.1 Å². The van der Waals surface area contributed by atoms with Gasteiger partial charge in [-0.15, -0.1) is 0 Å². The molecular weight excluding hydrogens is 328 g/mol. The molecule has 1 N–H and O–H groups in total. The van der Waals surface area contributed by atoms with Gasteiger partial charge in [-0.25, -0.2) is 4.68 Å². The van der Waals surface area contributed by atoms with Crippen LogP contribution in [0.1, 0.15) is 21.7 Å². The summed E-state index contributed by atoms with van der Waals surface area (Å²) in [6.07, 6.45) is 0.640. The molecule has 0 saturated heterocycles. The van der Waals surface area contributed by atoms with Crippen molar-refractivity contribution in [3.8, 4) is 0 Å².